The van der Waals surface area contributed by atoms with E-state index in [1.165, 1.54) is 12.1 Å². The molecular formula is C12H14NaO7. The molecule has 105 valence electrons. The predicted octanol–water partition coefficient (Wildman–Crippen LogP) is -1.98. The van der Waals surface area contributed by atoms with Crippen molar-refractivity contribution in [1.82, 2.24) is 0 Å². The molecule has 1 heterocycles. The number of hydrogen-bond acceptors (Lipinski definition) is 6. The second kappa shape index (κ2) is 6.50. The summed E-state index contributed by atoms with van der Waals surface area (Å²) in [6.45, 7) is 0. The van der Waals surface area contributed by atoms with Crippen molar-refractivity contribution in [3.8, 4) is 0 Å². The summed E-state index contributed by atoms with van der Waals surface area (Å²) in [5, 5.41) is 48.2. The monoisotopic (exact) mass is 293 g/mol. The minimum absolute atomic E-state index is 0. The normalized spacial score (nSPS) is 37.0. The Bertz CT molecular complexity index is 468. The van der Waals surface area contributed by atoms with Gasteiger partial charge in [-0.05, 0) is 0 Å². The number of carboxylic acid groups (broad SMARTS) is 1. The molecule has 1 aliphatic rings. The average molecular weight is 293 g/mol. The summed E-state index contributed by atoms with van der Waals surface area (Å²) in [5.74, 6) is -3.95. The van der Waals surface area contributed by atoms with Crippen molar-refractivity contribution in [2.24, 2.45) is 0 Å². The first kappa shape index (κ1) is 17.5. The molecule has 5 N–H and O–H groups in total. The van der Waals surface area contributed by atoms with Gasteiger partial charge in [-0.1, -0.05) is 30.3 Å². The molecule has 0 aromatic heterocycles. The number of carbonyl (C=O) groups is 1. The van der Waals surface area contributed by atoms with Gasteiger partial charge in [0.2, 0.25) is 5.79 Å². The second-order valence-electron chi connectivity index (χ2n) is 4.37. The Balaban J connectivity index is 0.00000200. The molecule has 0 unspecified atom stereocenters. The molecule has 1 aliphatic heterocycles. The number of aliphatic hydroxyl groups excluding tert-OH is 3. The van der Waals surface area contributed by atoms with E-state index in [9.17, 15) is 25.2 Å². The number of ether oxygens (including phenoxy) is 1. The van der Waals surface area contributed by atoms with Gasteiger partial charge in [0.25, 0.3) is 0 Å². The van der Waals surface area contributed by atoms with Gasteiger partial charge in [0, 0.05) is 35.1 Å². The van der Waals surface area contributed by atoms with Crippen LogP contribution in [0.4, 0.5) is 0 Å². The first-order valence-corrected chi connectivity index (χ1v) is 5.60. The van der Waals surface area contributed by atoms with Crippen molar-refractivity contribution in [3.05, 3.63) is 35.9 Å². The fourth-order valence-corrected chi connectivity index (χ4v) is 2.04. The molecule has 1 radical (unpaired) electrons. The van der Waals surface area contributed by atoms with Crippen LogP contribution in [0.5, 0.6) is 0 Å². The standard InChI is InChI=1S/C12H14O7.Na/c13-7-8(14)10(15)12(18,19-9(7)11(16)17)6-4-2-1-3-5-6;/h1-5,7-10,13-15,18H,(H,16,17);/t7-,8-,9-,10+,12+;/m0./s1. The smallest absolute Gasteiger partial charge is 0.335 e. The van der Waals surface area contributed by atoms with Crippen molar-refractivity contribution in [2.45, 2.75) is 30.2 Å². The summed E-state index contributed by atoms with van der Waals surface area (Å²) in [6.07, 6.45) is -7.40. The Kier molecular flexibility index (Phi) is 5.70. The summed E-state index contributed by atoms with van der Waals surface area (Å²) in [4.78, 5) is 10.9. The molecule has 0 amide bonds. The summed E-state index contributed by atoms with van der Waals surface area (Å²) in [7, 11) is 0. The van der Waals surface area contributed by atoms with Gasteiger partial charge < -0.3 is 30.3 Å². The molecule has 0 spiro atoms. The zero-order chi connectivity index (χ0) is 14.2. The summed E-state index contributed by atoms with van der Waals surface area (Å²) < 4.78 is 4.91. The van der Waals surface area contributed by atoms with Crippen LogP contribution in [0.1, 0.15) is 5.56 Å². The van der Waals surface area contributed by atoms with Crippen molar-refractivity contribution >= 4 is 35.5 Å². The van der Waals surface area contributed by atoms with Gasteiger partial charge in [-0.3, -0.25) is 0 Å². The SMILES string of the molecule is O=C(O)[C@H]1O[C@](O)(c2ccccc2)[C@H](O)[C@@H](O)[C@@H]1O.[Na]. The molecule has 1 fully saturated rings. The van der Waals surface area contributed by atoms with E-state index in [0.29, 0.717) is 0 Å². The molecule has 20 heavy (non-hydrogen) atoms. The Morgan fingerprint density at radius 1 is 1.10 bits per heavy atom. The fraction of sp³-hybridized carbons (Fsp3) is 0.417. The Morgan fingerprint density at radius 3 is 2.15 bits per heavy atom. The zero-order valence-electron chi connectivity index (χ0n) is 10.7. The summed E-state index contributed by atoms with van der Waals surface area (Å²) in [5.41, 5.74) is 0.0831. The summed E-state index contributed by atoms with van der Waals surface area (Å²) in [6, 6.07) is 7.58. The largest absolute Gasteiger partial charge is 0.479 e. The molecule has 0 bridgehead atoms. The predicted molar refractivity (Wildman–Crippen MR) is 66.6 cm³/mol. The molecular weight excluding hydrogens is 279 g/mol. The van der Waals surface area contributed by atoms with Crippen LogP contribution in [0.15, 0.2) is 30.3 Å². The van der Waals surface area contributed by atoms with Gasteiger partial charge in [-0.2, -0.15) is 0 Å². The van der Waals surface area contributed by atoms with Crippen LogP contribution in [0, 0.1) is 0 Å². The van der Waals surface area contributed by atoms with Crippen molar-refractivity contribution in [2.75, 3.05) is 0 Å². The molecule has 0 saturated carbocycles. The Morgan fingerprint density at radius 2 is 1.65 bits per heavy atom. The van der Waals surface area contributed by atoms with E-state index in [2.05, 4.69) is 0 Å². The number of aliphatic hydroxyl groups is 4. The van der Waals surface area contributed by atoms with E-state index in [4.69, 9.17) is 9.84 Å². The van der Waals surface area contributed by atoms with Gasteiger partial charge in [-0.25, -0.2) is 4.79 Å². The molecule has 8 heteroatoms. The van der Waals surface area contributed by atoms with Gasteiger partial charge in [0.1, 0.15) is 18.3 Å². The van der Waals surface area contributed by atoms with Crippen molar-refractivity contribution < 1.29 is 35.1 Å². The Labute approximate surface area is 136 Å². The maximum atomic E-state index is 10.9. The second-order valence-corrected chi connectivity index (χ2v) is 4.37. The van der Waals surface area contributed by atoms with Crippen LogP contribution in [0.25, 0.3) is 0 Å². The van der Waals surface area contributed by atoms with Crippen LogP contribution in [-0.2, 0) is 15.3 Å². The zero-order valence-corrected chi connectivity index (χ0v) is 12.7. The number of aliphatic carboxylic acids is 1. The number of benzene rings is 1. The molecule has 5 atom stereocenters. The van der Waals surface area contributed by atoms with Crippen molar-refractivity contribution in [1.29, 1.82) is 0 Å². The number of hydrogen-bond donors (Lipinski definition) is 5. The first-order valence-electron chi connectivity index (χ1n) is 5.60. The van der Waals surface area contributed by atoms with E-state index < -0.39 is 36.2 Å². The molecule has 1 aromatic rings. The minimum Gasteiger partial charge on any atom is -0.479 e. The minimum atomic E-state index is -2.40. The molecule has 7 nitrogen and oxygen atoms in total. The molecule has 1 aromatic carbocycles. The third kappa shape index (κ3) is 2.90. The van der Waals surface area contributed by atoms with Crippen molar-refractivity contribution in [3.63, 3.8) is 0 Å². The fourth-order valence-electron chi connectivity index (χ4n) is 2.04. The van der Waals surface area contributed by atoms with E-state index in [1.54, 1.807) is 18.2 Å². The third-order valence-electron chi connectivity index (χ3n) is 3.12. The van der Waals surface area contributed by atoms with Gasteiger partial charge in [-0.15, -0.1) is 0 Å². The van der Waals surface area contributed by atoms with E-state index in [1.807, 2.05) is 0 Å². The van der Waals surface area contributed by atoms with Gasteiger partial charge >= 0.3 is 5.97 Å². The van der Waals surface area contributed by atoms with E-state index in [0.717, 1.165) is 0 Å². The summed E-state index contributed by atoms with van der Waals surface area (Å²) >= 11 is 0. The average Bonchev–Trinajstić information content (AvgIpc) is 2.41. The van der Waals surface area contributed by atoms with Crippen LogP contribution in [0.2, 0.25) is 0 Å². The quantitative estimate of drug-likeness (QED) is 0.400. The topological polar surface area (TPSA) is 127 Å². The maximum Gasteiger partial charge on any atom is 0.335 e. The number of carboxylic acids is 1. The Hall–Kier alpha value is -0.510. The van der Waals surface area contributed by atoms with E-state index in [-0.39, 0.29) is 35.1 Å². The van der Waals surface area contributed by atoms with Crippen LogP contribution in [0.3, 0.4) is 0 Å². The molecule has 1 saturated heterocycles. The van der Waals surface area contributed by atoms with Crippen LogP contribution < -0.4 is 0 Å². The van der Waals surface area contributed by atoms with Gasteiger partial charge in [0.15, 0.2) is 6.10 Å². The maximum absolute atomic E-state index is 10.9. The third-order valence-corrected chi connectivity index (χ3v) is 3.12. The van der Waals surface area contributed by atoms with Crippen LogP contribution in [-0.4, -0.2) is 85.5 Å². The van der Waals surface area contributed by atoms with E-state index >= 15 is 0 Å². The first-order chi connectivity index (χ1) is 8.88. The van der Waals surface area contributed by atoms with Gasteiger partial charge in [0.05, 0.1) is 0 Å². The van der Waals surface area contributed by atoms with Crippen LogP contribution >= 0.6 is 0 Å². The molecule has 2 rings (SSSR count). The number of rotatable bonds is 2. The molecule has 0 aliphatic carbocycles.